The van der Waals surface area contributed by atoms with Crippen molar-refractivity contribution in [3.8, 4) is 0 Å². The monoisotopic (exact) mass is 609 g/mol. The molecule has 2 aromatic rings. The maximum atomic E-state index is 13.0. The topological polar surface area (TPSA) is 163 Å². The van der Waals surface area contributed by atoms with Crippen molar-refractivity contribution in [3.05, 3.63) is 33.4 Å². The third-order valence-electron chi connectivity index (χ3n) is 6.78. The first kappa shape index (κ1) is 27.9. The Kier molecular flexibility index (Phi) is 8.19. The molecule has 12 nitrogen and oxygen atoms in total. The summed E-state index contributed by atoms with van der Waals surface area (Å²) in [5, 5.41) is 21.8. The lowest BCUT2D eigenvalue weighted by Crippen LogP contribution is -2.71. The fraction of sp³-hybridized carbons (Fsp3) is 0.478. The van der Waals surface area contributed by atoms with E-state index in [9.17, 15) is 19.5 Å². The lowest BCUT2D eigenvalue weighted by molar-refractivity contribution is -0.911. The third kappa shape index (κ3) is 5.79. The van der Waals surface area contributed by atoms with Crippen LogP contribution in [0.25, 0.3) is 0 Å². The number of thiazole rings is 2. The molecule has 1 unspecified atom stereocenters. The van der Waals surface area contributed by atoms with Crippen LogP contribution >= 0.6 is 46.2 Å². The van der Waals surface area contributed by atoms with Crippen LogP contribution in [0.1, 0.15) is 24.2 Å². The smallest absolute Gasteiger partial charge is 0.276 e. The van der Waals surface area contributed by atoms with Gasteiger partial charge in [-0.15, -0.1) is 34.4 Å². The summed E-state index contributed by atoms with van der Waals surface area (Å²) in [5.41, 5.74) is 7.25. The van der Waals surface area contributed by atoms with Crippen molar-refractivity contribution in [2.24, 2.45) is 5.16 Å². The molecule has 2 aromatic heterocycles. The van der Waals surface area contributed by atoms with Crippen LogP contribution < -0.4 is 16.2 Å². The number of carboxylic acid groups (broad SMARTS) is 1. The van der Waals surface area contributed by atoms with Gasteiger partial charge in [0.25, 0.3) is 11.8 Å². The van der Waals surface area contributed by atoms with Gasteiger partial charge < -0.3 is 30.3 Å². The number of hydrogen-bond donors (Lipinski definition) is 2. The zero-order chi connectivity index (χ0) is 27.7. The maximum Gasteiger partial charge on any atom is 0.276 e. The Morgan fingerprint density at radius 1 is 1.31 bits per heavy atom. The number of aliphatic carboxylic acids is 1. The van der Waals surface area contributed by atoms with E-state index in [-0.39, 0.29) is 22.2 Å². The molecule has 0 saturated carbocycles. The van der Waals surface area contributed by atoms with Gasteiger partial charge >= 0.3 is 0 Å². The zero-order valence-corrected chi connectivity index (χ0v) is 24.5. The molecule has 3 aliphatic heterocycles. The van der Waals surface area contributed by atoms with E-state index in [1.807, 2.05) is 0 Å². The summed E-state index contributed by atoms with van der Waals surface area (Å²) in [6.07, 6.45) is 2.48. The number of nitrogens with zero attached hydrogens (tertiary/aromatic N) is 5. The number of carbonyl (C=O) groups excluding carboxylic acids is 3. The van der Waals surface area contributed by atoms with Gasteiger partial charge in [0.1, 0.15) is 36.5 Å². The standard InChI is InChI=1S/C23H27N7O5S4/c1-30(5-3-4-6-30)7-13-10-39-23(25-13)38-9-12-8-36-20-16(19(32)29(20)17(12)21(33)34)27-18(31)15(28-35-2)14-11-37-22(24)26-14/h10-11,16,20H,3-9H2,1-2H3,(H3-,24,26,27,31,33,34)/b28-15-/t16-,20?/m1/s1. The Morgan fingerprint density at radius 3 is 2.74 bits per heavy atom. The number of nitrogen functional groups attached to an aromatic ring is 1. The molecular weight excluding hydrogens is 583 g/mol. The average molecular weight is 610 g/mol. The van der Waals surface area contributed by atoms with Gasteiger partial charge in [-0.05, 0) is 5.57 Å². The molecule has 2 amide bonds. The van der Waals surface area contributed by atoms with Gasteiger partial charge in [0, 0.05) is 35.1 Å². The van der Waals surface area contributed by atoms with Crippen LogP contribution in [0.3, 0.4) is 0 Å². The van der Waals surface area contributed by atoms with E-state index in [0.29, 0.717) is 17.1 Å². The van der Waals surface area contributed by atoms with E-state index >= 15 is 0 Å². The number of β-lactam (4-membered cyclic amide) rings is 1. The minimum Gasteiger partial charge on any atom is -0.543 e. The highest BCUT2D eigenvalue weighted by atomic mass is 32.2. The number of likely N-dealkylation sites (tertiary alicyclic amines) is 1. The number of carboxylic acids is 1. The summed E-state index contributed by atoms with van der Waals surface area (Å²) >= 11 is 5.53. The van der Waals surface area contributed by atoms with Crippen molar-refractivity contribution in [3.63, 3.8) is 0 Å². The van der Waals surface area contributed by atoms with E-state index in [4.69, 9.17) is 15.6 Å². The van der Waals surface area contributed by atoms with Crippen molar-refractivity contribution in [1.82, 2.24) is 20.2 Å². The van der Waals surface area contributed by atoms with Crippen molar-refractivity contribution in [1.29, 1.82) is 0 Å². The Labute approximate surface area is 241 Å². The van der Waals surface area contributed by atoms with Crippen molar-refractivity contribution in [2.45, 2.75) is 35.1 Å². The molecular formula is C23H27N7O5S4. The van der Waals surface area contributed by atoms with Crippen molar-refractivity contribution in [2.75, 3.05) is 44.5 Å². The first-order chi connectivity index (χ1) is 18.7. The largest absolute Gasteiger partial charge is 0.543 e. The first-order valence-electron chi connectivity index (χ1n) is 12.1. The number of aromatic nitrogens is 2. The van der Waals surface area contributed by atoms with Crippen LogP contribution in [0.4, 0.5) is 5.13 Å². The fourth-order valence-corrected chi connectivity index (χ4v) is 8.78. The normalized spacial score (nSPS) is 22.5. The molecule has 208 valence electrons. The summed E-state index contributed by atoms with van der Waals surface area (Å²) in [6.45, 7) is 3.21. The molecule has 2 fully saturated rings. The summed E-state index contributed by atoms with van der Waals surface area (Å²) < 4.78 is 1.86. The predicted octanol–water partition coefficient (Wildman–Crippen LogP) is 0.469. The highest BCUT2D eigenvalue weighted by Gasteiger charge is 2.53. The van der Waals surface area contributed by atoms with Crippen LogP contribution in [0, 0.1) is 0 Å². The number of hydrogen-bond acceptors (Lipinski definition) is 13. The molecule has 3 N–H and O–H groups in total. The Bertz CT molecular complexity index is 1350. The molecule has 0 spiro atoms. The lowest BCUT2D eigenvalue weighted by atomic mass is 10.0. The van der Waals surface area contributed by atoms with Gasteiger partial charge in [0.2, 0.25) is 0 Å². The van der Waals surface area contributed by atoms with Crippen LogP contribution in [0.2, 0.25) is 0 Å². The van der Waals surface area contributed by atoms with Gasteiger partial charge in [0.15, 0.2) is 15.2 Å². The molecule has 2 saturated heterocycles. The number of anilines is 1. The number of fused-ring (bicyclic) bond motifs is 1. The number of amides is 2. The van der Waals surface area contributed by atoms with Crippen LogP contribution in [0.15, 0.2) is 31.5 Å². The number of oxime groups is 1. The molecule has 5 heterocycles. The van der Waals surface area contributed by atoms with Crippen LogP contribution in [0.5, 0.6) is 0 Å². The van der Waals surface area contributed by atoms with E-state index in [1.165, 1.54) is 48.4 Å². The second-order valence-corrected chi connectivity index (χ2v) is 13.7. The highest BCUT2D eigenvalue weighted by Crippen LogP contribution is 2.41. The fourth-order valence-electron chi connectivity index (χ4n) is 4.91. The van der Waals surface area contributed by atoms with Gasteiger partial charge in [-0.3, -0.25) is 14.5 Å². The Morgan fingerprint density at radius 2 is 2.08 bits per heavy atom. The molecule has 0 bridgehead atoms. The molecule has 5 rings (SSSR count). The molecule has 0 aromatic carbocycles. The van der Waals surface area contributed by atoms with E-state index in [1.54, 1.807) is 16.7 Å². The SMILES string of the molecule is CO/N=C(\C(=O)N[C@@H]1C(=O)N2C(C(=O)[O-])=C(CSc3nc(C[N+]4(C)CCCC4)cs3)CSC12)c1csc(N)n1. The number of thioether (sulfide) groups is 2. The Hall–Kier alpha value is -2.66. The lowest BCUT2D eigenvalue weighted by Gasteiger charge is -2.50. The quantitative estimate of drug-likeness (QED) is 0.127. The second kappa shape index (κ2) is 11.4. The zero-order valence-electron chi connectivity index (χ0n) is 21.2. The predicted molar refractivity (Wildman–Crippen MR) is 149 cm³/mol. The van der Waals surface area contributed by atoms with E-state index < -0.39 is 29.2 Å². The first-order valence-corrected chi connectivity index (χ1v) is 15.9. The van der Waals surface area contributed by atoms with Crippen molar-refractivity contribution < 1.29 is 28.8 Å². The van der Waals surface area contributed by atoms with Crippen molar-refractivity contribution >= 4 is 74.8 Å². The summed E-state index contributed by atoms with van der Waals surface area (Å²) in [7, 11) is 3.54. The number of rotatable bonds is 10. The molecule has 39 heavy (non-hydrogen) atoms. The summed E-state index contributed by atoms with van der Waals surface area (Å²) in [6, 6.07) is -0.930. The minimum absolute atomic E-state index is 0.131. The number of nitrogens with two attached hydrogens (primary N) is 1. The molecule has 2 atom stereocenters. The van der Waals surface area contributed by atoms with Gasteiger partial charge in [0.05, 0.1) is 31.8 Å². The molecule has 16 heteroatoms. The Balaban J connectivity index is 1.24. The average Bonchev–Trinajstić information content (AvgIpc) is 3.65. The van der Waals surface area contributed by atoms with Gasteiger partial charge in [-0.1, -0.05) is 16.9 Å². The van der Waals surface area contributed by atoms with Gasteiger partial charge in [-0.25, -0.2) is 9.97 Å². The number of nitrogens with one attached hydrogen (secondary N) is 1. The second-order valence-electron chi connectivity index (χ2n) is 9.62. The summed E-state index contributed by atoms with van der Waals surface area (Å²) in [5.74, 6) is -1.87. The van der Waals surface area contributed by atoms with Gasteiger partial charge in [-0.2, -0.15) is 0 Å². The summed E-state index contributed by atoms with van der Waals surface area (Å²) in [4.78, 5) is 52.8. The maximum absolute atomic E-state index is 13.0. The molecule has 3 aliphatic rings. The van der Waals surface area contributed by atoms with Crippen LogP contribution in [-0.2, 0) is 25.8 Å². The highest BCUT2D eigenvalue weighted by molar-refractivity contribution is 8.01. The van der Waals surface area contributed by atoms with Crippen LogP contribution in [-0.4, -0.2) is 93.0 Å². The van der Waals surface area contributed by atoms with E-state index in [0.717, 1.165) is 45.5 Å². The molecule has 0 radical (unpaired) electrons. The molecule has 0 aliphatic carbocycles. The minimum atomic E-state index is -1.42. The van der Waals surface area contributed by atoms with E-state index in [2.05, 4.69) is 27.9 Å². The third-order valence-corrected chi connectivity index (χ3v) is 10.9. The number of carbonyl (C=O) groups is 3. The number of quaternary nitrogens is 1.